The topological polar surface area (TPSA) is 80.3 Å². The van der Waals surface area contributed by atoms with Crippen LogP contribution in [0.25, 0.3) is 0 Å². The number of ether oxygens (including phenoxy) is 5. The van der Waals surface area contributed by atoms with Gasteiger partial charge in [-0.2, -0.15) is 0 Å². The Morgan fingerprint density at radius 1 is 1.06 bits per heavy atom. The highest BCUT2D eigenvalue weighted by Crippen LogP contribution is 2.29. The van der Waals surface area contributed by atoms with Crippen LogP contribution in [0, 0.1) is 0 Å². The summed E-state index contributed by atoms with van der Waals surface area (Å²) >= 11 is 0. The fourth-order valence-corrected chi connectivity index (χ4v) is 3.69. The van der Waals surface area contributed by atoms with Crippen molar-refractivity contribution in [1.29, 1.82) is 0 Å². The van der Waals surface area contributed by atoms with Crippen molar-refractivity contribution in [2.24, 2.45) is 0 Å². The smallest absolute Gasteiger partial charge is 0.352 e. The maximum Gasteiger partial charge on any atom is 0.352 e. The van der Waals surface area contributed by atoms with Gasteiger partial charge in [0.15, 0.2) is 5.79 Å². The number of carbonyl (C=O) groups is 2. The zero-order valence-corrected chi connectivity index (χ0v) is 20.7. The maximum absolute atomic E-state index is 13.1. The zero-order chi connectivity index (χ0) is 25.3. The Hall–Kier alpha value is -3.00. The molecule has 1 heterocycles. The molecule has 0 N–H and O–H groups in total. The molecule has 4 atom stereocenters. The largest absolute Gasteiger partial charge is 0.456 e. The van der Waals surface area contributed by atoms with E-state index in [9.17, 15) is 9.59 Å². The molecule has 0 amide bonds. The average molecular weight is 483 g/mol. The summed E-state index contributed by atoms with van der Waals surface area (Å²) in [6.07, 6.45) is 1.81. The Morgan fingerprint density at radius 3 is 2.31 bits per heavy atom. The van der Waals surface area contributed by atoms with Crippen LogP contribution < -0.4 is 0 Å². The second kappa shape index (κ2) is 12.6. The van der Waals surface area contributed by atoms with E-state index >= 15 is 0 Å². The third-order valence-electron chi connectivity index (χ3n) is 5.44. The molecule has 1 aliphatic rings. The van der Waals surface area contributed by atoms with E-state index in [1.54, 1.807) is 24.3 Å². The van der Waals surface area contributed by atoms with Gasteiger partial charge in [0.1, 0.15) is 12.2 Å². The average Bonchev–Trinajstić information content (AvgIpc) is 3.21. The van der Waals surface area contributed by atoms with Gasteiger partial charge in [-0.05, 0) is 26.3 Å². The van der Waals surface area contributed by atoms with E-state index in [-0.39, 0.29) is 12.7 Å². The second-order valence-corrected chi connectivity index (χ2v) is 8.91. The molecule has 1 fully saturated rings. The number of hydrogen-bond acceptors (Lipinski definition) is 7. The molecule has 2 aromatic carbocycles. The van der Waals surface area contributed by atoms with E-state index in [2.05, 4.69) is 0 Å². The molecular weight excluding hydrogens is 448 g/mol. The van der Waals surface area contributed by atoms with Gasteiger partial charge in [-0.1, -0.05) is 72.8 Å². The number of carbonyl (C=O) groups excluding carboxylic acids is 2. The fourth-order valence-electron chi connectivity index (χ4n) is 3.69. The fraction of sp³-hybridized carbons (Fsp3) is 0.429. The molecule has 0 aromatic heterocycles. The highest BCUT2D eigenvalue weighted by Gasteiger charge is 2.40. The van der Waals surface area contributed by atoms with Crippen molar-refractivity contribution in [2.75, 3.05) is 6.61 Å². The minimum Gasteiger partial charge on any atom is -0.456 e. The molecule has 0 aliphatic carbocycles. The molecule has 35 heavy (non-hydrogen) atoms. The molecule has 0 radical (unpaired) electrons. The lowest BCUT2D eigenvalue weighted by Gasteiger charge is -2.25. The first-order valence-electron chi connectivity index (χ1n) is 11.8. The molecule has 0 unspecified atom stereocenters. The summed E-state index contributed by atoms with van der Waals surface area (Å²) in [5, 5.41) is 0. The Bertz CT molecular complexity index is 971. The van der Waals surface area contributed by atoms with Gasteiger partial charge in [-0.15, -0.1) is 0 Å². The predicted octanol–water partition coefficient (Wildman–Crippen LogP) is 4.91. The van der Waals surface area contributed by atoms with Gasteiger partial charge in [0.05, 0.1) is 19.3 Å². The molecule has 3 rings (SSSR count). The van der Waals surface area contributed by atoms with Crippen molar-refractivity contribution in [2.45, 2.75) is 70.9 Å². The van der Waals surface area contributed by atoms with Crippen LogP contribution in [0.1, 0.15) is 51.3 Å². The predicted molar refractivity (Wildman–Crippen MR) is 130 cm³/mol. The zero-order valence-electron chi connectivity index (χ0n) is 20.7. The first kappa shape index (κ1) is 26.6. The molecule has 0 spiro atoms. The highest BCUT2D eigenvalue weighted by molar-refractivity contribution is 5.80. The lowest BCUT2D eigenvalue weighted by molar-refractivity contribution is -0.182. The lowest BCUT2D eigenvalue weighted by atomic mass is 10.1. The summed E-state index contributed by atoms with van der Waals surface area (Å²) in [6.45, 7) is 7.61. The summed E-state index contributed by atoms with van der Waals surface area (Å²) in [7, 11) is 0. The Morgan fingerprint density at radius 2 is 1.71 bits per heavy atom. The van der Waals surface area contributed by atoms with E-state index in [4.69, 9.17) is 23.7 Å². The van der Waals surface area contributed by atoms with E-state index in [1.165, 1.54) is 6.92 Å². The summed E-state index contributed by atoms with van der Waals surface area (Å²) < 4.78 is 28.7. The van der Waals surface area contributed by atoms with Crippen LogP contribution in [0.3, 0.4) is 0 Å². The third kappa shape index (κ3) is 8.62. The van der Waals surface area contributed by atoms with Crippen molar-refractivity contribution in [3.05, 3.63) is 83.9 Å². The number of hydrogen-bond donors (Lipinski definition) is 0. The van der Waals surface area contributed by atoms with Crippen LogP contribution in [-0.4, -0.2) is 42.6 Å². The molecular formula is C28H34O7. The van der Waals surface area contributed by atoms with E-state index < -0.39 is 36.0 Å². The SMILES string of the molecule is CC(=O)O[C@@H](C(=O)O[C@H](C/C=C\[C@H](C)OCc1ccccc1)[C@H]1COC(C)(C)O1)c1ccccc1. The van der Waals surface area contributed by atoms with Crippen LogP contribution in [0.4, 0.5) is 0 Å². The summed E-state index contributed by atoms with van der Waals surface area (Å²) in [4.78, 5) is 24.8. The van der Waals surface area contributed by atoms with Gasteiger partial charge < -0.3 is 23.7 Å². The number of benzene rings is 2. The summed E-state index contributed by atoms with van der Waals surface area (Å²) in [6, 6.07) is 18.7. The first-order chi connectivity index (χ1) is 16.7. The van der Waals surface area contributed by atoms with Gasteiger partial charge >= 0.3 is 11.9 Å². The normalized spacial score (nSPS) is 19.7. The van der Waals surface area contributed by atoms with Gasteiger partial charge in [-0.3, -0.25) is 4.79 Å². The molecule has 7 nitrogen and oxygen atoms in total. The molecule has 7 heteroatoms. The van der Waals surface area contributed by atoms with Crippen LogP contribution in [0.15, 0.2) is 72.8 Å². The number of esters is 2. The second-order valence-electron chi connectivity index (χ2n) is 8.91. The number of rotatable bonds is 11. The molecule has 0 saturated carbocycles. The van der Waals surface area contributed by atoms with E-state index in [0.29, 0.717) is 18.6 Å². The minimum atomic E-state index is -1.16. The Kier molecular flexibility index (Phi) is 9.60. The van der Waals surface area contributed by atoms with Crippen molar-refractivity contribution in [3.63, 3.8) is 0 Å². The van der Waals surface area contributed by atoms with Crippen LogP contribution in [-0.2, 0) is 39.9 Å². The van der Waals surface area contributed by atoms with Crippen molar-refractivity contribution < 1.29 is 33.3 Å². The van der Waals surface area contributed by atoms with Gasteiger partial charge in [0, 0.05) is 18.9 Å². The van der Waals surface area contributed by atoms with Crippen molar-refractivity contribution in [3.8, 4) is 0 Å². The van der Waals surface area contributed by atoms with E-state index in [1.807, 2.05) is 69.3 Å². The van der Waals surface area contributed by atoms with Crippen molar-refractivity contribution in [1.82, 2.24) is 0 Å². The highest BCUT2D eigenvalue weighted by atomic mass is 16.8. The summed E-state index contributed by atoms with van der Waals surface area (Å²) in [5.41, 5.74) is 1.63. The molecule has 1 saturated heterocycles. The van der Waals surface area contributed by atoms with Gasteiger partial charge in [-0.25, -0.2) is 4.79 Å². The Balaban J connectivity index is 1.66. The third-order valence-corrected chi connectivity index (χ3v) is 5.44. The maximum atomic E-state index is 13.1. The Labute approximate surface area is 207 Å². The standard InChI is InChI=1S/C28H34O7/c1-20(31-18-22-13-7-5-8-14-22)12-11-17-24(25-19-32-28(3,4)35-25)34-27(30)26(33-21(2)29)23-15-9-6-10-16-23/h5-16,20,24-26H,17-19H2,1-4H3/b12-11-/t20-,24+,25+,26+/m0/s1. The lowest BCUT2D eigenvalue weighted by Crippen LogP contribution is -2.36. The molecule has 0 bridgehead atoms. The van der Waals surface area contributed by atoms with Crippen LogP contribution in [0.5, 0.6) is 0 Å². The van der Waals surface area contributed by atoms with Gasteiger partial charge in [0.2, 0.25) is 6.10 Å². The molecule has 1 aliphatic heterocycles. The molecule has 2 aromatic rings. The van der Waals surface area contributed by atoms with Crippen LogP contribution in [0.2, 0.25) is 0 Å². The van der Waals surface area contributed by atoms with Gasteiger partial charge in [0.25, 0.3) is 0 Å². The van der Waals surface area contributed by atoms with Crippen molar-refractivity contribution >= 4 is 11.9 Å². The molecule has 188 valence electrons. The summed E-state index contributed by atoms with van der Waals surface area (Å²) in [5.74, 6) is -2.01. The quantitative estimate of drug-likeness (QED) is 0.333. The van der Waals surface area contributed by atoms with Crippen LogP contribution >= 0.6 is 0 Å². The van der Waals surface area contributed by atoms with E-state index in [0.717, 1.165) is 5.56 Å². The first-order valence-corrected chi connectivity index (χ1v) is 11.8. The minimum absolute atomic E-state index is 0.137. The monoisotopic (exact) mass is 482 g/mol.